The molecular formula is C40H40O5. The highest BCUT2D eigenvalue weighted by atomic mass is 16.6. The van der Waals surface area contributed by atoms with E-state index in [0.717, 1.165) is 22.6 Å². The Morgan fingerprint density at radius 3 is 1.71 bits per heavy atom. The molecule has 0 saturated carbocycles. The summed E-state index contributed by atoms with van der Waals surface area (Å²) in [5.41, 5.74) is 11.4. The second-order valence-corrected chi connectivity index (χ2v) is 12.0. The van der Waals surface area contributed by atoms with Crippen LogP contribution in [0.3, 0.4) is 0 Å². The molecule has 0 aromatic heterocycles. The van der Waals surface area contributed by atoms with Crippen LogP contribution >= 0.6 is 0 Å². The predicted molar refractivity (Wildman–Crippen MR) is 180 cm³/mol. The van der Waals surface area contributed by atoms with E-state index in [9.17, 15) is 4.79 Å². The molecule has 5 aromatic rings. The molecule has 1 unspecified atom stereocenters. The number of benzene rings is 5. The molecule has 0 heterocycles. The fourth-order valence-corrected chi connectivity index (χ4v) is 6.72. The second kappa shape index (κ2) is 12.4. The summed E-state index contributed by atoms with van der Waals surface area (Å²) in [5, 5.41) is 2.43. The average Bonchev–Trinajstić information content (AvgIpc) is 3.28. The Labute approximate surface area is 265 Å². The van der Waals surface area contributed by atoms with E-state index < -0.39 is 5.41 Å². The fraction of sp³-hybridized carbons (Fsp3) is 0.275. The van der Waals surface area contributed by atoms with Gasteiger partial charge in [-0.25, -0.2) is 0 Å². The van der Waals surface area contributed by atoms with Crippen LogP contribution in [0.5, 0.6) is 11.5 Å². The summed E-state index contributed by atoms with van der Waals surface area (Å²) in [5.74, 6) is 1.32. The highest BCUT2D eigenvalue weighted by Gasteiger charge is 2.47. The van der Waals surface area contributed by atoms with E-state index >= 15 is 0 Å². The number of fused-ring (bicyclic) bond motifs is 4. The van der Waals surface area contributed by atoms with Crippen LogP contribution in [0, 0.1) is 27.7 Å². The molecule has 1 atom stereocenters. The number of hydrogen-bond donors (Lipinski definition) is 0. The van der Waals surface area contributed by atoms with Crippen LogP contribution in [0.15, 0.2) is 84.9 Å². The molecule has 0 amide bonds. The lowest BCUT2D eigenvalue weighted by molar-refractivity contribution is -0.141. The maximum absolute atomic E-state index is 11.2. The molecule has 5 aromatic carbocycles. The van der Waals surface area contributed by atoms with Crippen LogP contribution in [-0.4, -0.2) is 39.5 Å². The topological polar surface area (TPSA) is 54.0 Å². The van der Waals surface area contributed by atoms with E-state index in [-0.39, 0.29) is 12.6 Å². The highest BCUT2D eigenvalue weighted by molar-refractivity contribution is 5.96. The maximum Gasteiger partial charge on any atom is 0.302 e. The third-order valence-corrected chi connectivity index (χ3v) is 9.03. The first-order chi connectivity index (χ1) is 21.7. The second-order valence-electron chi connectivity index (χ2n) is 12.0. The number of aryl methyl sites for hydroxylation is 4. The summed E-state index contributed by atoms with van der Waals surface area (Å²) in [6.45, 7) is 11.5. The zero-order valence-electron chi connectivity index (χ0n) is 27.0. The molecular weight excluding hydrogens is 560 g/mol. The third kappa shape index (κ3) is 5.46. The van der Waals surface area contributed by atoms with Gasteiger partial charge in [0.25, 0.3) is 0 Å². The Hall–Kier alpha value is -4.61. The van der Waals surface area contributed by atoms with Crippen LogP contribution in [0.4, 0.5) is 0 Å². The molecule has 0 radical (unpaired) electrons. The molecule has 0 fully saturated rings. The number of esters is 1. The van der Waals surface area contributed by atoms with Crippen molar-refractivity contribution in [3.63, 3.8) is 0 Å². The first-order valence-electron chi connectivity index (χ1n) is 15.5. The fourth-order valence-electron chi connectivity index (χ4n) is 6.72. The number of hydrogen-bond acceptors (Lipinski definition) is 5. The largest absolute Gasteiger partial charge is 0.491 e. The Bertz CT molecular complexity index is 1910. The van der Waals surface area contributed by atoms with Crippen LogP contribution in [-0.2, 0) is 19.7 Å². The maximum atomic E-state index is 11.2. The predicted octanol–water partition coefficient (Wildman–Crippen LogP) is 8.40. The van der Waals surface area contributed by atoms with E-state index in [1.54, 1.807) is 7.11 Å². The van der Waals surface area contributed by atoms with Crippen molar-refractivity contribution in [2.75, 3.05) is 33.5 Å². The molecule has 0 bridgehead atoms. The van der Waals surface area contributed by atoms with Crippen LogP contribution < -0.4 is 9.47 Å². The lowest BCUT2D eigenvalue weighted by Gasteiger charge is -2.35. The van der Waals surface area contributed by atoms with E-state index in [4.69, 9.17) is 18.9 Å². The lowest BCUT2D eigenvalue weighted by atomic mass is 9.66. The van der Waals surface area contributed by atoms with Crippen molar-refractivity contribution in [3.05, 3.63) is 129 Å². The van der Waals surface area contributed by atoms with Gasteiger partial charge in [-0.15, -0.1) is 0 Å². The van der Waals surface area contributed by atoms with Crippen LogP contribution in [0.25, 0.3) is 21.9 Å². The molecule has 5 nitrogen and oxygen atoms in total. The van der Waals surface area contributed by atoms with Crippen molar-refractivity contribution in [2.24, 2.45) is 0 Å². The van der Waals surface area contributed by atoms with Crippen molar-refractivity contribution in [2.45, 2.75) is 40.0 Å². The first-order valence-corrected chi connectivity index (χ1v) is 15.5. The Morgan fingerprint density at radius 2 is 1.13 bits per heavy atom. The van der Waals surface area contributed by atoms with Gasteiger partial charge in [-0.1, -0.05) is 60.7 Å². The van der Waals surface area contributed by atoms with E-state index in [1.807, 2.05) is 0 Å². The first kappa shape index (κ1) is 30.4. The van der Waals surface area contributed by atoms with E-state index in [2.05, 4.69) is 113 Å². The minimum absolute atomic E-state index is 0.213. The highest BCUT2D eigenvalue weighted by Crippen LogP contribution is 2.58. The molecule has 6 rings (SSSR count). The lowest BCUT2D eigenvalue weighted by Crippen LogP contribution is -2.29. The summed E-state index contributed by atoms with van der Waals surface area (Å²) in [6.07, 6.45) is 0. The smallest absolute Gasteiger partial charge is 0.302 e. The summed E-state index contributed by atoms with van der Waals surface area (Å²) in [7, 11) is 1.68. The molecule has 1 aliphatic rings. The molecule has 0 aliphatic heterocycles. The summed E-state index contributed by atoms with van der Waals surface area (Å²) in [6, 6.07) is 31.2. The van der Waals surface area contributed by atoms with Gasteiger partial charge >= 0.3 is 5.97 Å². The normalized spacial score (nSPS) is 15.1. The molecule has 5 heteroatoms. The molecule has 0 N–H and O–H groups in total. The molecule has 0 saturated heterocycles. The summed E-state index contributed by atoms with van der Waals surface area (Å²) >= 11 is 0. The van der Waals surface area contributed by atoms with Crippen molar-refractivity contribution < 1.29 is 23.7 Å². The van der Waals surface area contributed by atoms with E-state index in [1.165, 1.54) is 62.2 Å². The summed E-state index contributed by atoms with van der Waals surface area (Å²) in [4.78, 5) is 11.2. The van der Waals surface area contributed by atoms with Gasteiger partial charge in [0.15, 0.2) is 0 Å². The van der Waals surface area contributed by atoms with Crippen LogP contribution in [0.2, 0.25) is 0 Å². The van der Waals surface area contributed by atoms with Crippen molar-refractivity contribution >= 4 is 16.7 Å². The van der Waals surface area contributed by atoms with Gasteiger partial charge in [0.05, 0.1) is 12.0 Å². The summed E-state index contributed by atoms with van der Waals surface area (Å²) < 4.78 is 22.4. The Kier molecular flexibility index (Phi) is 8.39. The number of rotatable bonds is 10. The average molecular weight is 601 g/mol. The number of carbonyl (C=O) groups is 1. The van der Waals surface area contributed by atoms with E-state index in [0.29, 0.717) is 19.8 Å². The number of methoxy groups -OCH3 is 1. The quantitative estimate of drug-likeness (QED) is 0.117. The Balaban J connectivity index is 1.60. The molecule has 0 spiro atoms. The number of ether oxygens (including phenoxy) is 4. The van der Waals surface area contributed by atoms with Crippen LogP contribution in [0.1, 0.15) is 51.4 Å². The minimum atomic E-state index is -0.579. The van der Waals surface area contributed by atoms with Crippen molar-refractivity contribution in [1.82, 2.24) is 0 Å². The standard InChI is InChI=1S/C40H40O5/c1-25-21-34-35-23-30-9-7-8-10-31(30)24-37(35)40(36(34)22-26(25)2,32-11-13-38(27(3)19-32)44-16-15-42-6)33-12-14-39(28(4)20-33)45-18-17-43-29(5)41/h7-14,19-24H,15-18H2,1-6H3. The number of carbonyl (C=O) groups excluding carboxylic acids is 1. The van der Waals surface area contributed by atoms with Gasteiger partial charge < -0.3 is 18.9 Å². The monoisotopic (exact) mass is 600 g/mol. The third-order valence-electron chi connectivity index (χ3n) is 9.03. The van der Waals surface area contributed by atoms with Gasteiger partial charge in [-0.2, -0.15) is 0 Å². The van der Waals surface area contributed by atoms with Gasteiger partial charge in [-0.3, -0.25) is 4.79 Å². The van der Waals surface area contributed by atoms with Gasteiger partial charge in [0.1, 0.15) is 31.3 Å². The van der Waals surface area contributed by atoms with Gasteiger partial charge in [-0.05, 0) is 118 Å². The SMILES string of the molecule is COCCOc1ccc(C2(c3ccc(OCCOC(C)=O)c(C)c3)c3cc(C)c(C)cc3-c3cc4ccccc4cc32)cc1C. The van der Waals surface area contributed by atoms with Gasteiger partial charge in [0, 0.05) is 14.0 Å². The molecule has 45 heavy (non-hydrogen) atoms. The minimum Gasteiger partial charge on any atom is -0.491 e. The van der Waals surface area contributed by atoms with Crippen molar-refractivity contribution in [3.8, 4) is 22.6 Å². The Morgan fingerprint density at radius 1 is 0.600 bits per heavy atom. The zero-order valence-corrected chi connectivity index (χ0v) is 27.0. The van der Waals surface area contributed by atoms with Crippen molar-refractivity contribution in [1.29, 1.82) is 0 Å². The molecule has 1 aliphatic carbocycles. The van der Waals surface area contributed by atoms with Gasteiger partial charge in [0.2, 0.25) is 0 Å². The zero-order chi connectivity index (χ0) is 31.7. The molecule has 230 valence electrons.